The Hall–Kier alpha value is 0.660. The summed E-state index contributed by atoms with van der Waals surface area (Å²) in [5.74, 6) is 3.70. The maximum Gasteiger partial charge on any atom is 0.0317 e. The van der Waals surface area contributed by atoms with E-state index in [1.807, 2.05) is 0 Å². The smallest absolute Gasteiger partial charge is 0.0317 e. The Morgan fingerprint density at radius 3 is 2.47 bits per heavy atom. The highest BCUT2D eigenvalue weighted by atomic mass is 32.2. The third-order valence-electron chi connectivity index (χ3n) is 4.32. The van der Waals surface area contributed by atoms with Gasteiger partial charge in [-0.25, -0.2) is 0 Å². The second-order valence-corrected chi connectivity index (χ2v) is 8.32. The third kappa shape index (κ3) is 4.07. The highest BCUT2D eigenvalue weighted by molar-refractivity contribution is 8.07. The van der Waals surface area contributed by atoms with Crippen molar-refractivity contribution in [3.63, 3.8) is 0 Å². The van der Waals surface area contributed by atoms with E-state index in [1.165, 1.54) is 50.0 Å². The van der Waals surface area contributed by atoms with Crippen LogP contribution in [0.25, 0.3) is 0 Å². The van der Waals surface area contributed by atoms with Gasteiger partial charge in [-0.05, 0) is 19.4 Å². The Labute approximate surface area is 115 Å². The van der Waals surface area contributed by atoms with Gasteiger partial charge in [0.05, 0.1) is 0 Å². The SMILES string of the molecule is CNC(CC1CCCCC1)C1SCCSC1C. The highest BCUT2D eigenvalue weighted by Crippen LogP contribution is 2.36. The molecular formula is C14H27NS2. The minimum atomic E-state index is 0.742. The molecule has 1 aliphatic heterocycles. The molecule has 100 valence electrons. The molecule has 2 aliphatic rings. The van der Waals surface area contributed by atoms with Crippen molar-refractivity contribution in [3.8, 4) is 0 Å². The van der Waals surface area contributed by atoms with Crippen molar-refractivity contribution in [2.24, 2.45) is 5.92 Å². The lowest BCUT2D eigenvalue weighted by Gasteiger charge is -2.36. The lowest BCUT2D eigenvalue weighted by Crippen LogP contribution is -2.44. The van der Waals surface area contributed by atoms with Crippen LogP contribution < -0.4 is 5.32 Å². The van der Waals surface area contributed by atoms with Crippen LogP contribution in [-0.4, -0.2) is 35.1 Å². The molecule has 1 heterocycles. The fourth-order valence-electron chi connectivity index (χ4n) is 3.29. The molecular weight excluding hydrogens is 246 g/mol. The molecule has 3 heteroatoms. The molecule has 3 unspecified atom stereocenters. The zero-order chi connectivity index (χ0) is 12.1. The first kappa shape index (κ1) is 14.1. The van der Waals surface area contributed by atoms with Crippen LogP contribution >= 0.6 is 23.5 Å². The van der Waals surface area contributed by atoms with Gasteiger partial charge >= 0.3 is 0 Å². The number of hydrogen-bond acceptors (Lipinski definition) is 3. The molecule has 0 radical (unpaired) electrons. The van der Waals surface area contributed by atoms with E-state index >= 15 is 0 Å². The summed E-state index contributed by atoms with van der Waals surface area (Å²) in [5, 5.41) is 5.28. The molecule has 0 aromatic rings. The van der Waals surface area contributed by atoms with Gasteiger partial charge in [0.15, 0.2) is 0 Å². The van der Waals surface area contributed by atoms with Crippen molar-refractivity contribution >= 4 is 23.5 Å². The van der Waals surface area contributed by atoms with Crippen molar-refractivity contribution in [1.82, 2.24) is 5.32 Å². The van der Waals surface area contributed by atoms with E-state index in [9.17, 15) is 0 Å². The van der Waals surface area contributed by atoms with E-state index in [-0.39, 0.29) is 0 Å². The maximum atomic E-state index is 3.62. The average molecular weight is 274 g/mol. The highest BCUT2D eigenvalue weighted by Gasteiger charge is 2.31. The first-order valence-corrected chi connectivity index (χ1v) is 9.31. The Bertz CT molecular complexity index is 216. The number of rotatable bonds is 4. The first-order chi connectivity index (χ1) is 8.31. The Morgan fingerprint density at radius 2 is 1.82 bits per heavy atom. The summed E-state index contributed by atoms with van der Waals surface area (Å²) in [5.41, 5.74) is 0. The van der Waals surface area contributed by atoms with Crippen LogP contribution in [0.3, 0.4) is 0 Å². The van der Waals surface area contributed by atoms with Crippen LogP contribution in [0.1, 0.15) is 45.4 Å². The fourth-order valence-corrected chi connectivity index (χ4v) is 6.31. The molecule has 1 nitrogen and oxygen atoms in total. The molecule has 0 aromatic carbocycles. The number of nitrogens with one attached hydrogen (secondary N) is 1. The molecule has 0 spiro atoms. The fraction of sp³-hybridized carbons (Fsp3) is 1.00. The summed E-state index contributed by atoms with van der Waals surface area (Å²) >= 11 is 4.38. The van der Waals surface area contributed by atoms with Gasteiger partial charge in [-0.1, -0.05) is 39.0 Å². The monoisotopic (exact) mass is 273 g/mol. The minimum absolute atomic E-state index is 0.742. The normalized spacial score (nSPS) is 33.5. The van der Waals surface area contributed by atoms with Crippen LogP contribution in [0, 0.1) is 5.92 Å². The molecule has 1 saturated carbocycles. The molecule has 0 bridgehead atoms. The van der Waals surface area contributed by atoms with Gasteiger partial charge in [0.1, 0.15) is 0 Å². The summed E-state index contributed by atoms with van der Waals surface area (Å²) in [6.07, 6.45) is 8.81. The Balaban J connectivity index is 1.85. The maximum absolute atomic E-state index is 3.62. The predicted molar refractivity (Wildman–Crippen MR) is 82.2 cm³/mol. The summed E-state index contributed by atoms with van der Waals surface area (Å²) < 4.78 is 0. The third-order valence-corrected chi connectivity index (χ3v) is 7.57. The molecule has 17 heavy (non-hydrogen) atoms. The first-order valence-electron chi connectivity index (χ1n) is 7.21. The van der Waals surface area contributed by atoms with E-state index in [4.69, 9.17) is 0 Å². The minimum Gasteiger partial charge on any atom is -0.316 e. The number of hydrogen-bond donors (Lipinski definition) is 1. The molecule has 2 rings (SSSR count). The summed E-state index contributed by atoms with van der Waals surface area (Å²) in [6.45, 7) is 2.42. The van der Waals surface area contributed by atoms with Crippen LogP contribution in [0.2, 0.25) is 0 Å². The number of thioether (sulfide) groups is 2. The molecule has 1 aliphatic carbocycles. The molecule has 1 N–H and O–H groups in total. The van der Waals surface area contributed by atoms with Gasteiger partial charge in [-0.15, -0.1) is 0 Å². The zero-order valence-corrected chi connectivity index (χ0v) is 12.9. The van der Waals surface area contributed by atoms with Crippen LogP contribution in [0.5, 0.6) is 0 Å². The average Bonchev–Trinajstić information content (AvgIpc) is 2.38. The molecule has 2 fully saturated rings. The van der Waals surface area contributed by atoms with E-state index in [2.05, 4.69) is 42.8 Å². The molecule has 1 saturated heterocycles. The summed E-state index contributed by atoms with van der Waals surface area (Å²) in [7, 11) is 2.17. The van der Waals surface area contributed by atoms with Gasteiger partial charge in [-0.2, -0.15) is 23.5 Å². The van der Waals surface area contributed by atoms with Crippen molar-refractivity contribution in [1.29, 1.82) is 0 Å². The van der Waals surface area contributed by atoms with Crippen molar-refractivity contribution < 1.29 is 0 Å². The zero-order valence-electron chi connectivity index (χ0n) is 11.3. The largest absolute Gasteiger partial charge is 0.316 e. The summed E-state index contributed by atoms with van der Waals surface area (Å²) in [4.78, 5) is 0. The Morgan fingerprint density at radius 1 is 1.12 bits per heavy atom. The van der Waals surface area contributed by atoms with Crippen molar-refractivity contribution in [2.75, 3.05) is 18.6 Å². The van der Waals surface area contributed by atoms with E-state index < -0.39 is 0 Å². The van der Waals surface area contributed by atoms with Gasteiger partial charge in [-0.3, -0.25) is 0 Å². The summed E-state index contributed by atoms with van der Waals surface area (Å²) in [6, 6.07) is 0.742. The van der Waals surface area contributed by atoms with E-state index in [0.29, 0.717) is 0 Å². The molecule has 0 amide bonds. The molecule has 0 aromatic heterocycles. The van der Waals surface area contributed by atoms with Gasteiger partial charge in [0, 0.05) is 28.0 Å². The Kier molecular flexibility index (Phi) is 6.04. The predicted octanol–water partition coefficient (Wildman–Crippen LogP) is 3.78. The second kappa shape index (κ2) is 7.30. The van der Waals surface area contributed by atoms with Crippen LogP contribution in [0.4, 0.5) is 0 Å². The quantitative estimate of drug-likeness (QED) is 0.837. The van der Waals surface area contributed by atoms with E-state index in [1.54, 1.807) is 0 Å². The molecule has 3 atom stereocenters. The lowest BCUT2D eigenvalue weighted by molar-refractivity contribution is 0.300. The lowest BCUT2D eigenvalue weighted by atomic mass is 9.84. The van der Waals surface area contributed by atoms with Crippen molar-refractivity contribution in [2.45, 2.75) is 62.0 Å². The standard InChI is InChI=1S/C14H27NS2/c1-11-14(17-9-8-16-11)13(15-2)10-12-6-4-3-5-7-12/h11-15H,3-10H2,1-2H3. The van der Waals surface area contributed by atoms with E-state index in [0.717, 1.165) is 22.5 Å². The van der Waals surface area contributed by atoms with Crippen LogP contribution in [0.15, 0.2) is 0 Å². The van der Waals surface area contributed by atoms with Gasteiger partial charge in [0.2, 0.25) is 0 Å². The van der Waals surface area contributed by atoms with Crippen LogP contribution in [-0.2, 0) is 0 Å². The topological polar surface area (TPSA) is 12.0 Å². The van der Waals surface area contributed by atoms with Gasteiger partial charge in [0.25, 0.3) is 0 Å². The van der Waals surface area contributed by atoms with Crippen molar-refractivity contribution in [3.05, 3.63) is 0 Å². The second-order valence-electron chi connectivity index (χ2n) is 5.55. The van der Waals surface area contributed by atoms with Gasteiger partial charge < -0.3 is 5.32 Å².